The predicted molar refractivity (Wildman–Crippen MR) is 76.7 cm³/mol. The third-order valence-corrected chi connectivity index (χ3v) is 4.20. The van der Waals surface area contributed by atoms with Crippen molar-refractivity contribution in [3.63, 3.8) is 0 Å². The Kier molecular flexibility index (Phi) is 3.82. The second-order valence-electron chi connectivity index (χ2n) is 5.29. The van der Waals surface area contributed by atoms with Gasteiger partial charge in [0.05, 0.1) is 10.9 Å². The highest BCUT2D eigenvalue weighted by Gasteiger charge is 2.36. The summed E-state index contributed by atoms with van der Waals surface area (Å²) in [5.74, 6) is -0.927. The van der Waals surface area contributed by atoms with Gasteiger partial charge in [0.15, 0.2) is 0 Å². The summed E-state index contributed by atoms with van der Waals surface area (Å²) in [6.07, 6.45) is 0.523. The van der Waals surface area contributed by atoms with Crippen LogP contribution in [-0.2, 0) is 9.59 Å². The summed E-state index contributed by atoms with van der Waals surface area (Å²) in [7, 11) is 0. The lowest BCUT2D eigenvalue weighted by molar-refractivity contribution is -0.130. The number of benzene rings is 1. The van der Waals surface area contributed by atoms with Gasteiger partial charge in [0.2, 0.25) is 11.8 Å². The fourth-order valence-corrected chi connectivity index (χ4v) is 2.60. The third kappa shape index (κ3) is 2.73. The first-order valence-corrected chi connectivity index (χ1v) is 7.21. The van der Waals surface area contributed by atoms with E-state index in [2.05, 4.69) is 10.6 Å². The van der Waals surface area contributed by atoms with Crippen molar-refractivity contribution in [3.8, 4) is 0 Å². The number of hydrogen-bond acceptors (Lipinski definition) is 3. The lowest BCUT2D eigenvalue weighted by atomic mass is 10.0. The van der Waals surface area contributed by atoms with Gasteiger partial charge in [-0.2, -0.15) is 0 Å². The first-order chi connectivity index (χ1) is 10.1. The summed E-state index contributed by atoms with van der Waals surface area (Å²) in [4.78, 5) is 25.7. The van der Waals surface area contributed by atoms with E-state index in [1.54, 1.807) is 6.07 Å². The number of nitrogens with zero attached hydrogens (tertiary/aromatic N) is 1. The molecule has 2 fully saturated rings. The zero-order valence-electron chi connectivity index (χ0n) is 11.2. The molecule has 0 saturated carbocycles. The van der Waals surface area contributed by atoms with E-state index in [9.17, 15) is 14.0 Å². The molecule has 2 saturated heterocycles. The summed E-state index contributed by atoms with van der Waals surface area (Å²) in [5.41, 5.74) is 0.462. The summed E-state index contributed by atoms with van der Waals surface area (Å²) >= 11 is 5.64. The zero-order valence-corrected chi connectivity index (χ0v) is 12.0. The molecule has 21 heavy (non-hydrogen) atoms. The Morgan fingerprint density at radius 1 is 1.43 bits per heavy atom. The highest BCUT2D eigenvalue weighted by atomic mass is 35.5. The molecule has 1 aromatic carbocycles. The van der Waals surface area contributed by atoms with Crippen LogP contribution in [0.25, 0.3) is 0 Å². The molecule has 1 unspecified atom stereocenters. The van der Waals surface area contributed by atoms with Crippen molar-refractivity contribution in [2.75, 3.05) is 24.5 Å². The molecule has 0 spiro atoms. The molecule has 2 aliphatic rings. The molecule has 1 aromatic rings. The summed E-state index contributed by atoms with van der Waals surface area (Å²) in [5, 5.41) is 5.80. The van der Waals surface area contributed by atoms with Gasteiger partial charge in [0.1, 0.15) is 11.9 Å². The Balaban J connectivity index is 1.67. The number of carbonyl (C=O) groups is 2. The van der Waals surface area contributed by atoms with Crippen LogP contribution in [0.5, 0.6) is 0 Å². The van der Waals surface area contributed by atoms with Crippen LogP contribution in [0.4, 0.5) is 10.1 Å². The second kappa shape index (κ2) is 5.61. The van der Waals surface area contributed by atoms with Gasteiger partial charge < -0.3 is 15.5 Å². The van der Waals surface area contributed by atoms with Gasteiger partial charge in [-0.05, 0) is 24.6 Å². The predicted octanol–water partition coefficient (Wildman–Crippen LogP) is 0.920. The number of carbonyl (C=O) groups excluding carboxylic acids is 2. The van der Waals surface area contributed by atoms with E-state index in [4.69, 9.17) is 11.6 Å². The molecule has 2 amide bonds. The maximum Gasteiger partial charge on any atom is 0.249 e. The van der Waals surface area contributed by atoms with E-state index >= 15 is 0 Å². The van der Waals surface area contributed by atoms with Crippen molar-refractivity contribution in [1.29, 1.82) is 0 Å². The van der Waals surface area contributed by atoms with Gasteiger partial charge in [0.25, 0.3) is 0 Å². The number of anilines is 1. The topological polar surface area (TPSA) is 61.4 Å². The van der Waals surface area contributed by atoms with Crippen LogP contribution in [0.1, 0.15) is 6.42 Å². The molecule has 5 nitrogen and oxygen atoms in total. The van der Waals surface area contributed by atoms with Crippen molar-refractivity contribution in [1.82, 2.24) is 10.6 Å². The summed E-state index contributed by atoms with van der Waals surface area (Å²) in [6, 6.07) is 3.73. The number of nitrogens with one attached hydrogen (secondary N) is 2. The van der Waals surface area contributed by atoms with Crippen molar-refractivity contribution in [3.05, 3.63) is 29.0 Å². The van der Waals surface area contributed by atoms with E-state index in [1.165, 1.54) is 17.0 Å². The monoisotopic (exact) mass is 311 g/mol. The Labute approximate surface area is 126 Å². The largest absolute Gasteiger partial charge is 0.344 e. The SMILES string of the molecule is O=C(NC1CCN(c2ccc(Cl)c(F)c2)C1=O)C1CNC1. The number of rotatable bonds is 3. The van der Waals surface area contributed by atoms with Crippen LogP contribution in [0.2, 0.25) is 5.02 Å². The lowest BCUT2D eigenvalue weighted by Crippen LogP contribution is -2.54. The molecule has 2 heterocycles. The first kappa shape index (κ1) is 14.3. The molecule has 3 rings (SSSR count). The molecule has 1 atom stereocenters. The van der Waals surface area contributed by atoms with Crippen LogP contribution < -0.4 is 15.5 Å². The van der Waals surface area contributed by atoms with E-state index in [-0.39, 0.29) is 22.8 Å². The van der Waals surface area contributed by atoms with Crippen LogP contribution in [0.3, 0.4) is 0 Å². The van der Waals surface area contributed by atoms with Gasteiger partial charge in [-0.3, -0.25) is 9.59 Å². The first-order valence-electron chi connectivity index (χ1n) is 6.84. The van der Waals surface area contributed by atoms with E-state index < -0.39 is 11.9 Å². The molecule has 112 valence electrons. The van der Waals surface area contributed by atoms with Crippen LogP contribution in [-0.4, -0.2) is 37.5 Å². The fourth-order valence-electron chi connectivity index (χ4n) is 2.49. The average molecular weight is 312 g/mol. The number of amides is 2. The molecule has 2 aliphatic heterocycles. The Morgan fingerprint density at radius 2 is 2.19 bits per heavy atom. The van der Waals surface area contributed by atoms with Gasteiger partial charge in [0, 0.05) is 25.3 Å². The summed E-state index contributed by atoms with van der Waals surface area (Å²) in [6.45, 7) is 1.76. The highest BCUT2D eigenvalue weighted by Crippen LogP contribution is 2.26. The molecular formula is C14H15ClFN3O2. The smallest absolute Gasteiger partial charge is 0.249 e. The molecule has 0 aliphatic carbocycles. The minimum atomic E-state index is -0.560. The van der Waals surface area contributed by atoms with Gasteiger partial charge >= 0.3 is 0 Å². The van der Waals surface area contributed by atoms with Crippen molar-refractivity contribution >= 4 is 29.1 Å². The molecule has 0 bridgehead atoms. The van der Waals surface area contributed by atoms with E-state index in [1.807, 2.05) is 0 Å². The van der Waals surface area contributed by atoms with Gasteiger partial charge in [-0.25, -0.2) is 4.39 Å². The minimum absolute atomic E-state index is 0.0210. The van der Waals surface area contributed by atoms with Crippen molar-refractivity contribution in [2.24, 2.45) is 5.92 Å². The number of hydrogen-bond donors (Lipinski definition) is 2. The second-order valence-corrected chi connectivity index (χ2v) is 5.70. The Morgan fingerprint density at radius 3 is 2.81 bits per heavy atom. The van der Waals surface area contributed by atoms with Crippen LogP contribution in [0.15, 0.2) is 18.2 Å². The fraction of sp³-hybridized carbons (Fsp3) is 0.429. The zero-order chi connectivity index (χ0) is 15.0. The van der Waals surface area contributed by atoms with Gasteiger partial charge in [-0.15, -0.1) is 0 Å². The van der Waals surface area contributed by atoms with Gasteiger partial charge in [-0.1, -0.05) is 11.6 Å². The standard InChI is InChI=1S/C14H15ClFN3O2/c15-10-2-1-9(5-11(10)16)19-4-3-12(14(19)21)18-13(20)8-6-17-7-8/h1-2,5,8,12,17H,3-4,6-7H2,(H,18,20). The van der Waals surface area contributed by atoms with Crippen LogP contribution >= 0.6 is 11.6 Å². The molecule has 7 heteroatoms. The normalized spacial score (nSPS) is 22.3. The molecular weight excluding hydrogens is 297 g/mol. The highest BCUT2D eigenvalue weighted by molar-refractivity contribution is 6.30. The molecule has 2 N–H and O–H groups in total. The minimum Gasteiger partial charge on any atom is -0.344 e. The Bertz CT molecular complexity index is 592. The maximum absolute atomic E-state index is 13.5. The molecule has 0 aromatic heterocycles. The van der Waals surface area contributed by atoms with E-state index in [0.29, 0.717) is 31.7 Å². The number of halogens is 2. The third-order valence-electron chi connectivity index (χ3n) is 3.89. The lowest BCUT2D eigenvalue weighted by Gasteiger charge is -2.27. The Hall–Kier alpha value is -1.66. The summed E-state index contributed by atoms with van der Waals surface area (Å²) < 4.78 is 13.5. The average Bonchev–Trinajstić information content (AvgIpc) is 2.72. The quantitative estimate of drug-likeness (QED) is 0.872. The maximum atomic E-state index is 13.5. The molecule has 0 radical (unpaired) electrons. The van der Waals surface area contributed by atoms with Crippen molar-refractivity contribution in [2.45, 2.75) is 12.5 Å². The van der Waals surface area contributed by atoms with Crippen LogP contribution in [0, 0.1) is 11.7 Å². The van der Waals surface area contributed by atoms with Crippen molar-refractivity contribution < 1.29 is 14.0 Å². The van der Waals surface area contributed by atoms with E-state index in [0.717, 1.165) is 0 Å².